The summed E-state index contributed by atoms with van der Waals surface area (Å²) in [5.74, 6) is 1.05. The van der Waals surface area contributed by atoms with E-state index in [1.807, 2.05) is 73.7 Å². The summed E-state index contributed by atoms with van der Waals surface area (Å²) in [4.78, 5) is 48.8. The molecule has 1 unspecified atom stereocenters. The lowest BCUT2D eigenvalue weighted by Gasteiger charge is -2.20. The topological polar surface area (TPSA) is 190 Å². The lowest BCUT2D eigenvalue weighted by atomic mass is 9.86. The molecule has 15 heteroatoms. The number of likely N-dealkylation sites (N-methyl/N-ethyl adjacent to an activating group) is 1. The third-order valence-electron chi connectivity index (χ3n) is 11.2. The molecule has 0 aliphatic carbocycles. The molecule has 0 aliphatic rings. The summed E-state index contributed by atoms with van der Waals surface area (Å²) in [6, 6.07) is 34.9. The van der Waals surface area contributed by atoms with Crippen LogP contribution in [0.1, 0.15) is 98.9 Å². The number of anilines is 1. The van der Waals surface area contributed by atoms with E-state index in [9.17, 15) is 14.4 Å². The van der Waals surface area contributed by atoms with Gasteiger partial charge in [-0.05, 0) is 104 Å². The average Bonchev–Trinajstić information content (AvgIpc) is 3.83. The molecule has 0 saturated heterocycles. The van der Waals surface area contributed by atoms with Gasteiger partial charge in [-0.15, -0.1) is 10.2 Å². The predicted octanol–water partition coefficient (Wildman–Crippen LogP) is 8.08. The number of nitrogens with zero attached hydrogens (tertiary/aromatic N) is 7. The van der Waals surface area contributed by atoms with Gasteiger partial charge in [0.15, 0.2) is 5.82 Å². The number of benzene rings is 3. The number of pyridine rings is 2. The highest BCUT2D eigenvalue weighted by Gasteiger charge is 2.26. The first-order chi connectivity index (χ1) is 32.1. The summed E-state index contributed by atoms with van der Waals surface area (Å²) >= 11 is 0. The first-order valence-electron chi connectivity index (χ1n) is 22.7. The van der Waals surface area contributed by atoms with Gasteiger partial charge in [-0.25, -0.2) is 9.97 Å². The fraction of sp³-hybridized carbons (Fsp3) is 0.353. The van der Waals surface area contributed by atoms with Crippen LogP contribution in [0.3, 0.4) is 0 Å². The number of hydrazone groups is 1. The molecule has 3 aromatic heterocycles. The second-order valence-corrected chi connectivity index (χ2v) is 16.8. The molecule has 15 nitrogen and oxygen atoms in total. The maximum Gasteiger partial charge on any atom is 0.253 e. The second-order valence-electron chi connectivity index (χ2n) is 16.8. The minimum absolute atomic E-state index is 0.0360. The normalized spacial score (nSPS) is 11.8. The molecule has 3 aromatic carbocycles. The average molecular weight is 892 g/mol. The minimum Gasteiger partial charge on any atom is -0.478 e. The third-order valence-corrected chi connectivity index (χ3v) is 11.2. The quantitative estimate of drug-likeness (QED) is 0.0248. The van der Waals surface area contributed by atoms with Gasteiger partial charge in [0.25, 0.3) is 5.91 Å². The molecule has 66 heavy (non-hydrogen) atoms. The molecule has 0 radical (unpaired) electrons. The Balaban J connectivity index is 0.840. The van der Waals surface area contributed by atoms with Gasteiger partial charge in [0, 0.05) is 43.3 Å². The van der Waals surface area contributed by atoms with E-state index in [0.29, 0.717) is 74.9 Å². The van der Waals surface area contributed by atoms with Crippen molar-refractivity contribution >= 4 is 29.8 Å². The summed E-state index contributed by atoms with van der Waals surface area (Å²) < 4.78 is 6.20. The number of tetrazole rings is 1. The summed E-state index contributed by atoms with van der Waals surface area (Å²) in [5.41, 5.74) is 9.09. The Morgan fingerprint density at radius 1 is 0.833 bits per heavy atom. The summed E-state index contributed by atoms with van der Waals surface area (Å²) in [7, 11) is 1.53. The predicted molar refractivity (Wildman–Crippen MR) is 258 cm³/mol. The molecular weight excluding hydrogens is 831 g/mol. The number of hydrogen-bond acceptors (Lipinski definition) is 11. The van der Waals surface area contributed by atoms with Crippen molar-refractivity contribution in [1.82, 2.24) is 46.1 Å². The molecule has 1 atom stereocenters. The minimum atomic E-state index is -0.729. The molecule has 344 valence electrons. The van der Waals surface area contributed by atoms with Crippen LogP contribution in [-0.4, -0.2) is 80.4 Å². The molecule has 0 fully saturated rings. The second kappa shape index (κ2) is 24.7. The van der Waals surface area contributed by atoms with Crippen molar-refractivity contribution in [1.29, 1.82) is 0 Å². The van der Waals surface area contributed by atoms with Crippen molar-refractivity contribution in [2.45, 2.75) is 96.6 Å². The largest absolute Gasteiger partial charge is 0.478 e. The molecule has 3 heterocycles. The number of carbonyl (C=O) groups excluding carboxylic acids is 3. The zero-order valence-electron chi connectivity index (χ0n) is 38.4. The van der Waals surface area contributed by atoms with E-state index in [1.165, 1.54) is 13.2 Å². The van der Waals surface area contributed by atoms with Crippen molar-refractivity contribution in [3.63, 3.8) is 0 Å². The molecule has 6 aromatic rings. The third kappa shape index (κ3) is 14.9. The fourth-order valence-electron chi connectivity index (χ4n) is 7.21. The highest BCUT2D eigenvalue weighted by atomic mass is 16.5. The van der Waals surface area contributed by atoms with Gasteiger partial charge >= 0.3 is 0 Å². The van der Waals surface area contributed by atoms with E-state index in [-0.39, 0.29) is 17.2 Å². The van der Waals surface area contributed by atoms with Gasteiger partial charge in [-0.2, -0.15) is 9.90 Å². The van der Waals surface area contributed by atoms with Crippen molar-refractivity contribution in [3.05, 3.63) is 138 Å². The molecule has 4 N–H and O–H groups in total. The van der Waals surface area contributed by atoms with Crippen LogP contribution >= 0.6 is 0 Å². The number of hydrogen-bond donors (Lipinski definition) is 4. The number of rotatable bonds is 25. The number of unbranched alkanes of at least 4 members (excludes halogenated alkanes) is 3. The van der Waals surface area contributed by atoms with Crippen LogP contribution < -0.4 is 26.1 Å². The Bertz CT molecular complexity index is 2440. The highest BCUT2D eigenvalue weighted by Crippen LogP contribution is 2.30. The summed E-state index contributed by atoms with van der Waals surface area (Å²) in [6.07, 6.45) is 9.28. The van der Waals surface area contributed by atoms with Crippen molar-refractivity contribution in [2.24, 2.45) is 5.10 Å². The van der Waals surface area contributed by atoms with Crippen LogP contribution in [-0.2, 0) is 21.5 Å². The molecule has 0 aliphatic heterocycles. The van der Waals surface area contributed by atoms with E-state index in [2.05, 4.69) is 91.1 Å². The van der Waals surface area contributed by atoms with E-state index in [1.54, 1.807) is 23.1 Å². The van der Waals surface area contributed by atoms with Crippen molar-refractivity contribution in [2.75, 3.05) is 25.6 Å². The van der Waals surface area contributed by atoms with Crippen molar-refractivity contribution in [3.8, 4) is 28.3 Å². The van der Waals surface area contributed by atoms with Gasteiger partial charge in [0.1, 0.15) is 11.9 Å². The number of amides is 3. The fourth-order valence-corrected chi connectivity index (χ4v) is 7.21. The van der Waals surface area contributed by atoms with Gasteiger partial charge in [-0.3, -0.25) is 19.8 Å². The Morgan fingerprint density at radius 3 is 2.33 bits per heavy atom. The number of aryl methyl sites for hydroxylation is 2. The molecule has 3 amide bonds. The van der Waals surface area contributed by atoms with Crippen LogP contribution in [0, 0.1) is 6.92 Å². The van der Waals surface area contributed by atoms with E-state index < -0.39 is 11.9 Å². The first kappa shape index (κ1) is 48.2. The van der Waals surface area contributed by atoms with E-state index in [0.717, 1.165) is 59.2 Å². The Hall–Kier alpha value is -7.29. The van der Waals surface area contributed by atoms with Crippen LogP contribution in [0.5, 0.6) is 5.88 Å². The van der Waals surface area contributed by atoms with E-state index >= 15 is 0 Å². The van der Waals surface area contributed by atoms with Crippen molar-refractivity contribution < 1.29 is 19.1 Å². The van der Waals surface area contributed by atoms with Crippen LogP contribution in [0.15, 0.2) is 120 Å². The smallest absolute Gasteiger partial charge is 0.253 e. The molecule has 6 rings (SSSR count). The number of ether oxygens (including phenoxy) is 1. The zero-order valence-corrected chi connectivity index (χ0v) is 38.4. The zero-order chi connectivity index (χ0) is 46.6. The maximum absolute atomic E-state index is 13.0. The number of carbonyl (C=O) groups is 3. The number of aromatic nitrogens is 6. The van der Waals surface area contributed by atoms with Gasteiger partial charge in [-0.1, -0.05) is 98.8 Å². The lowest BCUT2D eigenvalue weighted by molar-refractivity contribution is -0.123. The van der Waals surface area contributed by atoms with Gasteiger partial charge in [0.05, 0.1) is 30.6 Å². The lowest BCUT2D eigenvalue weighted by Crippen LogP contribution is -2.45. The number of nitrogens with one attached hydrogen (secondary N) is 4. The summed E-state index contributed by atoms with van der Waals surface area (Å²) in [5, 5.41) is 25.9. The Kier molecular flexibility index (Phi) is 18.0. The highest BCUT2D eigenvalue weighted by molar-refractivity contribution is 5.97. The molecule has 0 bridgehead atoms. The first-order valence-corrected chi connectivity index (χ1v) is 22.7. The van der Waals surface area contributed by atoms with E-state index in [4.69, 9.17) is 9.72 Å². The Morgan fingerprint density at radius 2 is 1.59 bits per heavy atom. The van der Waals surface area contributed by atoms with Gasteiger partial charge in [0.2, 0.25) is 17.7 Å². The molecular formula is C51H61N11O4. The van der Waals surface area contributed by atoms with Crippen LogP contribution in [0.2, 0.25) is 0 Å². The van der Waals surface area contributed by atoms with Crippen LogP contribution in [0.4, 0.5) is 5.82 Å². The van der Waals surface area contributed by atoms with Crippen LogP contribution in [0.25, 0.3) is 22.4 Å². The summed E-state index contributed by atoms with van der Waals surface area (Å²) in [6.45, 7) is 7.85. The molecule has 0 saturated carbocycles. The maximum atomic E-state index is 13.0. The standard InChI is InChI=1S/C51H61N11O4/c1-37-19-11-12-24-40(37)36-55-58-45-28-27-41(35-54-45)48(64)57-43(49(65)52-4)25-13-16-30-53-46(63)26-14-17-31-62-60-50(59-61-62)51(2,3)29-15-18-32-66-47-34-42(38-20-7-5-8-21-38)33-44(56-47)39-22-9-6-10-23-39/h5-12,19-24,27-28,33-36,43H,13-18,25-26,29-32H2,1-4H3,(H,52,65)(H,53,63)(H,54,58)(H,57,64)/b55-36+. The van der Waals surface area contributed by atoms with Gasteiger partial charge < -0.3 is 20.7 Å². The monoisotopic (exact) mass is 891 g/mol. The molecule has 0 spiro atoms. The Labute approximate surface area is 387 Å². The SMILES string of the molecule is CNC(=O)C(CCCCNC(=O)CCCCn1nnc(C(C)(C)CCCCOc2cc(-c3ccccc3)cc(-c3ccccc3)n2)n1)NC(=O)c1ccc(N/N=C/c2ccccc2C)nc1.